The minimum absolute atomic E-state index is 0. The van der Waals surface area contributed by atoms with E-state index in [2.05, 4.69) is 10.6 Å². The number of benzene rings is 2. The lowest BCUT2D eigenvalue weighted by molar-refractivity contribution is -0.123. The number of rotatable bonds is 7. The molecule has 2 rings (SSSR count). The molecule has 2 aromatic carbocycles. The maximum Gasteiger partial charge on any atom is 0.255 e. The lowest BCUT2D eigenvalue weighted by atomic mass is 9.99. The molecule has 2 amide bonds. The van der Waals surface area contributed by atoms with Gasteiger partial charge in [-0.05, 0) is 42.7 Å². The van der Waals surface area contributed by atoms with E-state index in [4.69, 9.17) is 5.73 Å². The molecule has 0 fully saturated rings. The van der Waals surface area contributed by atoms with Crippen molar-refractivity contribution in [2.75, 3.05) is 5.32 Å². The fraction of sp³-hybridized carbons (Fsp3) is 0.333. The largest absolute Gasteiger partial charge is 0.351 e. The number of halogens is 1. The van der Waals surface area contributed by atoms with Gasteiger partial charge >= 0.3 is 0 Å². The monoisotopic (exact) mass is 389 g/mol. The number of hydrogen-bond acceptors (Lipinski definition) is 3. The average Bonchev–Trinajstić information content (AvgIpc) is 2.65. The van der Waals surface area contributed by atoms with Gasteiger partial charge in [0.25, 0.3) is 5.91 Å². The van der Waals surface area contributed by atoms with Crippen LogP contribution in [0.1, 0.15) is 41.8 Å². The van der Waals surface area contributed by atoms with Crippen molar-refractivity contribution in [3.63, 3.8) is 0 Å². The van der Waals surface area contributed by atoms with Crippen LogP contribution in [-0.2, 0) is 11.3 Å². The van der Waals surface area contributed by atoms with Gasteiger partial charge in [0, 0.05) is 17.8 Å². The molecule has 146 valence electrons. The topological polar surface area (TPSA) is 84.2 Å². The molecule has 27 heavy (non-hydrogen) atoms. The van der Waals surface area contributed by atoms with Crippen LogP contribution in [-0.4, -0.2) is 17.9 Å². The summed E-state index contributed by atoms with van der Waals surface area (Å²) in [6.07, 6.45) is 0.856. The summed E-state index contributed by atoms with van der Waals surface area (Å²) in [6.45, 7) is 6.33. The van der Waals surface area contributed by atoms with Crippen LogP contribution in [0, 0.1) is 12.8 Å². The highest BCUT2D eigenvalue weighted by atomic mass is 35.5. The molecule has 5 nitrogen and oxygen atoms in total. The zero-order valence-electron chi connectivity index (χ0n) is 16.0. The zero-order valence-corrected chi connectivity index (χ0v) is 16.8. The Morgan fingerprint density at radius 2 is 1.78 bits per heavy atom. The van der Waals surface area contributed by atoms with Gasteiger partial charge in [-0.25, -0.2) is 0 Å². The van der Waals surface area contributed by atoms with E-state index in [-0.39, 0.29) is 30.1 Å². The molecule has 0 heterocycles. The molecule has 2 unspecified atom stereocenters. The SMILES string of the molecule is CCC(C)C(N)C(=O)NCc1cccc(NC(=O)c2ccc(C)cc2)c1.Cl. The lowest BCUT2D eigenvalue weighted by Crippen LogP contribution is -2.44. The smallest absolute Gasteiger partial charge is 0.255 e. The normalized spacial score (nSPS) is 12.4. The highest BCUT2D eigenvalue weighted by Crippen LogP contribution is 2.13. The molecule has 0 spiro atoms. The van der Waals surface area contributed by atoms with E-state index in [0.29, 0.717) is 17.8 Å². The van der Waals surface area contributed by atoms with Gasteiger partial charge in [-0.3, -0.25) is 9.59 Å². The van der Waals surface area contributed by atoms with E-state index < -0.39 is 6.04 Å². The summed E-state index contributed by atoms with van der Waals surface area (Å²) in [5, 5.41) is 5.74. The second-order valence-corrected chi connectivity index (χ2v) is 6.65. The number of aryl methyl sites for hydroxylation is 1. The molecular weight excluding hydrogens is 362 g/mol. The summed E-state index contributed by atoms with van der Waals surface area (Å²) >= 11 is 0. The highest BCUT2D eigenvalue weighted by molar-refractivity contribution is 6.04. The van der Waals surface area contributed by atoms with Crippen molar-refractivity contribution in [2.24, 2.45) is 11.7 Å². The minimum atomic E-state index is -0.510. The Hall–Kier alpha value is -2.37. The Balaban J connectivity index is 0.00000364. The third kappa shape index (κ3) is 6.70. The van der Waals surface area contributed by atoms with Gasteiger partial charge in [0.1, 0.15) is 0 Å². The predicted octanol–water partition coefficient (Wildman–Crippen LogP) is 3.66. The summed E-state index contributed by atoms with van der Waals surface area (Å²) in [4.78, 5) is 24.4. The average molecular weight is 390 g/mol. The van der Waals surface area contributed by atoms with E-state index in [1.54, 1.807) is 12.1 Å². The standard InChI is InChI=1S/C21H27N3O2.ClH/c1-4-15(3)19(22)21(26)23-13-16-6-5-7-18(12-16)24-20(25)17-10-8-14(2)9-11-17;/h5-12,15,19H,4,13,22H2,1-3H3,(H,23,26)(H,24,25);1H. The van der Waals surface area contributed by atoms with Gasteiger partial charge in [-0.1, -0.05) is 50.1 Å². The van der Waals surface area contributed by atoms with Crippen LogP contribution >= 0.6 is 12.4 Å². The Morgan fingerprint density at radius 1 is 1.11 bits per heavy atom. The van der Waals surface area contributed by atoms with Crippen molar-refractivity contribution in [2.45, 2.75) is 39.8 Å². The van der Waals surface area contributed by atoms with Gasteiger partial charge < -0.3 is 16.4 Å². The Labute approximate surface area is 167 Å². The number of hydrogen-bond donors (Lipinski definition) is 3. The van der Waals surface area contributed by atoms with Crippen LogP contribution in [0.5, 0.6) is 0 Å². The molecule has 0 aromatic heterocycles. The molecule has 0 bridgehead atoms. The summed E-state index contributed by atoms with van der Waals surface area (Å²) in [5.41, 5.74) is 9.24. The fourth-order valence-corrected chi connectivity index (χ4v) is 2.49. The number of anilines is 1. The van der Waals surface area contributed by atoms with Crippen molar-refractivity contribution in [1.82, 2.24) is 5.32 Å². The van der Waals surface area contributed by atoms with E-state index in [1.165, 1.54) is 0 Å². The first-order valence-electron chi connectivity index (χ1n) is 8.91. The first-order valence-corrected chi connectivity index (χ1v) is 8.91. The molecule has 2 atom stereocenters. The molecule has 0 aliphatic carbocycles. The second kappa shape index (κ2) is 10.7. The molecule has 0 aliphatic heterocycles. The Kier molecular flexibility index (Phi) is 8.98. The van der Waals surface area contributed by atoms with Crippen LogP contribution in [0.3, 0.4) is 0 Å². The first kappa shape index (κ1) is 22.7. The molecular formula is C21H28ClN3O2. The van der Waals surface area contributed by atoms with E-state index >= 15 is 0 Å². The molecule has 0 saturated carbocycles. The van der Waals surface area contributed by atoms with Crippen molar-refractivity contribution in [1.29, 1.82) is 0 Å². The molecule has 2 aromatic rings. The summed E-state index contributed by atoms with van der Waals surface area (Å²) in [6, 6.07) is 14.3. The van der Waals surface area contributed by atoms with Crippen LogP contribution in [0.25, 0.3) is 0 Å². The van der Waals surface area contributed by atoms with Crippen LogP contribution in [0.2, 0.25) is 0 Å². The number of amides is 2. The van der Waals surface area contributed by atoms with Crippen molar-refractivity contribution in [3.8, 4) is 0 Å². The third-order valence-corrected chi connectivity index (χ3v) is 4.53. The van der Waals surface area contributed by atoms with Gasteiger partial charge in [-0.2, -0.15) is 0 Å². The van der Waals surface area contributed by atoms with E-state index in [0.717, 1.165) is 17.5 Å². The van der Waals surface area contributed by atoms with Crippen molar-refractivity contribution in [3.05, 3.63) is 65.2 Å². The summed E-state index contributed by atoms with van der Waals surface area (Å²) < 4.78 is 0. The molecule has 0 saturated heterocycles. The maximum atomic E-state index is 12.3. The van der Waals surface area contributed by atoms with Crippen LogP contribution in [0.15, 0.2) is 48.5 Å². The van der Waals surface area contributed by atoms with Crippen LogP contribution < -0.4 is 16.4 Å². The predicted molar refractivity (Wildman–Crippen MR) is 112 cm³/mol. The third-order valence-electron chi connectivity index (χ3n) is 4.53. The van der Waals surface area contributed by atoms with Gasteiger partial charge in [0.2, 0.25) is 5.91 Å². The van der Waals surface area contributed by atoms with Gasteiger partial charge in [0.15, 0.2) is 0 Å². The van der Waals surface area contributed by atoms with Gasteiger partial charge in [-0.15, -0.1) is 12.4 Å². The molecule has 0 aliphatic rings. The second-order valence-electron chi connectivity index (χ2n) is 6.65. The van der Waals surface area contributed by atoms with E-state index in [1.807, 2.05) is 57.2 Å². The molecule has 0 radical (unpaired) electrons. The number of nitrogens with one attached hydrogen (secondary N) is 2. The Bertz CT molecular complexity index is 762. The number of nitrogens with two attached hydrogens (primary N) is 1. The van der Waals surface area contributed by atoms with Crippen molar-refractivity contribution < 1.29 is 9.59 Å². The maximum absolute atomic E-state index is 12.3. The first-order chi connectivity index (χ1) is 12.4. The number of carbonyl (C=O) groups excluding carboxylic acids is 2. The number of carbonyl (C=O) groups is 2. The quantitative estimate of drug-likeness (QED) is 0.675. The minimum Gasteiger partial charge on any atom is -0.351 e. The lowest BCUT2D eigenvalue weighted by Gasteiger charge is -2.17. The fourth-order valence-electron chi connectivity index (χ4n) is 2.49. The van der Waals surface area contributed by atoms with E-state index in [9.17, 15) is 9.59 Å². The summed E-state index contributed by atoms with van der Waals surface area (Å²) in [5.74, 6) is -0.187. The highest BCUT2D eigenvalue weighted by Gasteiger charge is 2.18. The van der Waals surface area contributed by atoms with Crippen LogP contribution in [0.4, 0.5) is 5.69 Å². The van der Waals surface area contributed by atoms with Crippen molar-refractivity contribution >= 4 is 29.9 Å². The Morgan fingerprint density at radius 3 is 2.41 bits per heavy atom. The zero-order chi connectivity index (χ0) is 19.1. The molecule has 4 N–H and O–H groups in total. The molecule has 6 heteroatoms. The summed E-state index contributed by atoms with van der Waals surface area (Å²) in [7, 11) is 0. The van der Waals surface area contributed by atoms with Gasteiger partial charge in [0.05, 0.1) is 6.04 Å².